The van der Waals surface area contributed by atoms with Crippen LogP contribution in [0.4, 0.5) is 5.69 Å². The van der Waals surface area contributed by atoms with Crippen LogP contribution in [0.3, 0.4) is 0 Å². The van der Waals surface area contributed by atoms with Gasteiger partial charge in [-0.15, -0.1) is 0 Å². The third-order valence-electron chi connectivity index (χ3n) is 2.64. The van der Waals surface area contributed by atoms with Crippen molar-refractivity contribution in [3.8, 4) is 5.75 Å². The van der Waals surface area contributed by atoms with Gasteiger partial charge < -0.3 is 4.74 Å². The van der Waals surface area contributed by atoms with Crippen LogP contribution in [-0.2, 0) is 4.79 Å². The van der Waals surface area contributed by atoms with Crippen molar-refractivity contribution in [1.82, 2.24) is 5.43 Å². The molecule has 0 bridgehead atoms. The molecule has 1 unspecified atom stereocenters. The van der Waals surface area contributed by atoms with E-state index in [-0.39, 0.29) is 17.4 Å². The molecule has 0 radical (unpaired) electrons. The molecule has 0 heterocycles. The second-order valence-electron chi connectivity index (χ2n) is 4.47. The summed E-state index contributed by atoms with van der Waals surface area (Å²) in [4.78, 5) is 22.0. The summed E-state index contributed by atoms with van der Waals surface area (Å²) in [5, 5.41) is 11.0. The predicted molar refractivity (Wildman–Crippen MR) is 69.4 cm³/mol. The minimum absolute atomic E-state index is 0.0924. The maximum atomic E-state index is 11.6. The van der Waals surface area contributed by atoms with E-state index in [1.807, 2.05) is 5.43 Å². The summed E-state index contributed by atoms with van der Waals surface area (Å²) in [6.07, 6.45) is -0.884. The highest BCUT2D eigenvalue weighted by molar-refractivity contribution is 5.81. The molecule has 0 saturated carbocycles. The number of hydrazine groups is 1. The standard InChI is InChI=1S/C12H17N3O4/c1-7(2)10(12(16)14-13)19-11-8(3)5-4-6-9(11)15(17)18/h4-7,10H,13H2,1-3H3,(H,14,16). The monoisotopic (exact) mass is 267 g/mol. The minimum atomic E-state index is -0.884. The Morgan fingerprint density at radius 1 is 1.47 bits per heavy atom. The average Bonchev–Trinajstić information content (AvgIpc) is 2.35. The van der Waals surface area contributed by atoms with E-state index >= 15 is 0 Å². The van der Waals surface area contributed by atoms with Gasteiger partial charge in [0, 0.05) is 6.07 Å². The zero-order valence-electron chi connectivity index (χ0n) is 11.0. The van der Waals surface area contributed by atoms with Crippen molar-refractivity contribution in [3.63, 3.8) is 0 Å². The van der Waals surface area contributed by atoms with Gasteiger partial charge in [-0.05, 0) is 18.4 Å². The number of benzene rings is 1. The topological polar surface area (TPSA) is 107 Å². The van der Waals surface area contributed by atoms with Crippen LogP contribution < -0.4 is 16.0 Å². The molecule has 0 fully saturated rings. The number of aryl methyl sites for hydroxylation is 1. The fourth-order valence-corrected chi connectivity index (χ4v) is 1.64. The lowest BCUT2D eigenvalue weighted by Crippen LogP contribution is -2.45. The first-order chi connectivity index (χ1) is 8.88. The lowest BCUT2D eigenvalue weighted by Gasteiger charge is -2.21. The molecule has 0 aliphatic rings. The summed E-state index contributed by atoms with van der Waals surface area (Å²) in [5.41, 5.74) is 2.42. The third-order valence-corrected chi connectivity index (χ3v) is 2.64. The molecule has 0 aliphatic heterocycles. The van der Waals surface area contributed by atoms with Gasteiger partial charge in [0.1, 0.15) is 0 Å². The van der Waals surface area contributed by atoms with Crippen LogP contribution in [-0.4, -0.2) is 16.9 Å². The summed E-state index contributed by atoms with van der Waals surface area (Å²) in [6, 6.07) is 4.58. The Labute approximate surface area is 110 Å². The van der Waals surface area contributed by atoms with E-state index < -0.39 is 16.9 Å². The van der Waals surface area contributed by atoms with Gasteiger partial charge in [-0.2, -0.15) is 0 Å². The predicted octanol–water partition coefficient (Wildman–Crippen LogP) is 1.30. The number of carbonyl (C=O) groups is 1. The van der Waals surface area contributed by atoms with Crippen LogP contribution in [0.5, 0.6) is 5.75 Å². The first-order valence-electron chi connectivity index (χ1n) is 5.79. The van der Waals surface area contributed by atoms with E-state index in [0.29, 0.717) is 5.56 Å². The number of nitro benzene ring substituents is 1. The number of nitrogens with zero attached hydrogens (tertiary/aromatic N) is 1. The van der Waals surface area contributed by atoms with Gasteiger partial charge >= 0.3 is 5.69 Å². The molecule has 0 saturated heterocycles. The van der Waals surface area contributed by atoms with Crippen molar-refractivity contribution in [1.29, 1.82) is 0 Å². The van der Waals surface area contributed by atoms with E-state index in [0.717, 1.165) is 0 Å². The molecule has 1 atom stereocenters. The molecule has 7 nitrogen and oxygen atoms in total. The lowest BCUT2D eigenvalue weighted by atomic mass is 10.1. The number of nitrogens with two attached hydrogens (primary N) is 1. The number of carbonyl (C=O) groups excluding carboxylic acids is 1. The smallest absolute Gasteiger partial charge is 0.311 e. The first kappa shape index (κ1) is 14.9. The van der Waals surface area contributed by atoms with Crippen molar-refractivity contribution in [2.75, 3.05) is 0 Å². The van der Waals surface area contributed by atoms with Gasteiger partial charge in [-0.3, -0.25) is 20.3 Å². The Hall–Kier alpha value is -2.15. The van der Waals surface area contributed by atoms with Crippen molar-refractivity contribution in [2.24, 2.45) is 11.8 Å². The molecule has 7 heteroatoms. The highest BCUT2D eigenvalue weighted by Crippen LogP contribution is 2.32. The van der Waals surface area contributed by atoms with Gasteiger partial charge in [0.05, 0.1) is 4.92 Å². The zero-order chi connectivity index (χ0) is 14.6. The van der Waals surface area contributed by atoms with E-state index in [4.69, 9.17) is 10.6 Å². The Morgan fingerprint density at radius 2 is 2.11 bits per heavy atom. The molecule has 3 N–H and O–H groups in total. The van der Waals surface area contributed by atoms with Crippen molar-refractivity contribution in [2.45, 2.75) is 26.9 Å². The zero-order valence-corrected chi connectivity index (χ0v) is 11.0. The van der Waals surface area contributed by atoms with E-state index in [9.17, 15) is 14.9 Å². The fourth-order valence-electron chi connectivity index (χ4n) is 1.64. The number of ether oxygens (including phenoxy) is 1. The number of hydrogen-bond donors (Lipinski definition) is 2. The number of amides is 1. The van der Waals surface area contributed by atoms with Crippen LogP contribution in [0.15, 0.2) is 18.2 Å². The third kappa shape index (κ3) is 3.41. The van der Waals surface area contributed by atoms with Gasteiger partial charge in [-0.1, -0.05) is 26.0 Å². The van der Waals surface area contributed by atoms with Gasteiger partial charge in [-0.25, -0.2) is 5.84 Å². The maximum absolute atomic E-state index is 11.6. The molecular formula is C12H17N3O4. The van der Waals surface area contributed by atoms with Crippen LogP contribution in [0.25, 0.3) is 0 Å². The summed E-state index contributed by atoms with van der Waals surface area (Å²) >= 11 is 0. The van der Waals surface area contributed by atoms with Gasteiger partial charge in [0.2, 0.25) is 5.75 Å². The highest BCUT2D eigenvalue weighted by atomic mass is 16.6. The Morgan fingerprint density at radius 3 is 2.58 bits per heavy atom. The SMILES string of the molecule is Cc1cccc([N+](=O)[O-])c1OC(C(=O)NN)C(C)C. The molecule has 104 valence electrons. The minimum Gasteiger partial charge on any atom is -0.473 e. The van der Waals surface area contributed by atoms with Crippen molar-refractivity contribution in [3.05, 3.63) is 33.9 Å². The summed E-state index contributed by atoms with van der Waals surface area (Å²) < 4.78 is 5.52. The van der Waals surface area contributed by atoms with Gasteiger partial charge in [0.25, 0.3) is 5.91 Å². The molecule has 19 heavy (non-hydrogen) atoms. The number of para-hydroxylation sites is 1. The summed E-state index contributed by atoms with van der Waals surface area (Å²) in [6.45, 7) is 5.22. The van der Waals surface area contributed by atoms with E-state index in [2.05, 4.69) is 0 Å². The van der Waals surface area contributed by atoms with Crippen LogP contribution >= 0.6 is 0 Å². The second kappa shape index (κ2) is 6.14. The number of rotatable bonds is 5. The molecule has 0 aliphatic carbocycles. The second-order valence-corrected chi connectivity index (χ2v) is 4.47. The molecule has 1 amide bonds. The van der Waals surface area contributed by atoms with Crippen LogP contribution in [0.1, 0.15) is 19.4 Å². The summed E-state index contributed by atoms with van der Waals surface area (Å²) in [5.74, 6) is 4.48. The number of hydrogen-bond acceptors (Lipinski definition) is 5. The van der Waals surface area contributed by atoms with Crippen LogP contribution in [0, 0.1) is 23.0 Å². The average molecular weight is 267 g/mol. The molecule has 1 rings (SSSR count). The summed E-state index contributed by atoms with van der Waals surface area (Å²) in [7, 11) is 0. The van der Waals surface area contributed by atoms with Crippen LogP contribution in [0.2, 0.25) is 0 Å². The Bertz CT molecular complexity index is 488. The van der Waals surface area contributed by atoms with E-state index in [1.165, 1.54) is 6.07 Å². The quantitative estimate of drug-likeness (QED) is 0.362. The fraction of sp³-hybridized carbons (Fsp3) is 0.417. The largest absolute Gasteiger partial charge is 0.473 e. The Kier molecular flexibility index (Phi) is 4.82. The maximum Gasteiger partial charge on any atom is 0.311 e. The normalized spacial score (nSPS) is 12.1. The lowest BCUT2D eigenvalue weighted by molar-refractivity contribution is -0.386. The first-order valence-corrected chi connectivity index (χ1v) is 5.79. The van der Waals surface area contributed by atoms with Gasteiger partial charge in [0.15, 0.2) is 6.10 Å². The molecule has 1 aromatic carbocycles. The van der Waals surface area contributed by atoms with E-state index in [1.54, 1.807) is 32.9 Å². The van der Waals surface area contributed by atoms with Crippen molar-refractivity contribution < 1.29 is 14.5 Å². The number of nitrogens with one attached hydrogen (secondary N) is 1. The molecule has 0 spiro atoms. The molecule has 1 aromatic rings. The molecule has 0 aromatic heterocycles. The molecular weight excluding hydrogens is 250 g/mol. The highest BCUT2D eigenvalue weighted by Gasteiger charge is 2.27. The Balaban J connectivity index is 3.16. The number of nitro groups is 1. The van der Waals surface area contributed by atoms with Crippen molar-refractivity contribution >= 4 is 11.6 Å².